The standard InChI is InChI=1S/C16H20N2O3/c1-3-7-17-14-10-21-15-9-12(5-6-13(14)15)20-11-16(19)18-8-4-2/h2,5-6,9,14,17H,3,7-8,10-11H2,1H3,(H,18,19). The summed E-state index contributed by atoms with van der Waals surface area (Å²) in [7, 11) is 0. The molecular weight excluding hydrogens is 268 g/mol. The number of amides is 1. The second-order valence-electron chi connectivity index (χ2n) is 4.79. The fourth-order valence-electron chi connectivity index (χ4n) is 2.12. The summed E-state index contributed by atoms with van der Waals surface area (Å²) in [6.45, 7) is 3.87. The van der Waals surface area contributed by atoms with Crippen LogP contribution in [0.2, 0.25) is 0 Å². The van der Waals surface area contributed by atoms with Crippen molar-refractivity contribution < 1.29 is 14.3 Å². The van der Waals surface area contributed by atoms with Crippen LogP contribution in [-0.2, 0) is 4.79 Å². The Labute approximate surface area is 125 Å². The molecule has 0 saturated heterocycles. The van der Waals surface area contributed by atoms with Gasteiger partial charge in [0.1, 0.15) is 18.1 Å². The Bertz CT molecular complexity index is 537. The highest BCUT2D eigenvalue weighted by atomic mass is 16.5. The molecule has 1 aromatic rings. The van der Waals surface area contributed by atoms with Gasteiger partial charge in [0, 0.05) is 11.6 Å². The fraction of sp³-hybridized carbons (Fsp3) is 0.438. The van der Waals surface area contributed by atoms with Gasteiger partial charge in [-0.2, -0.15) is 0 Å². The maximum absolute atomic E-state index is 11.4. The zero-order chi connectivity index (χ0) is 15.1. The van der Waals surface area contributed by atoms with E-state index in [4.69, 9.17) is 15.9 Å². The quantitative estimate of drug-likeness (QED) is 0.741. The van der Waals surface area contributed by atoms with Crippen LogP contribution in [0.5, 0.6) is 11.5 Å². The average Bonchev–Trinajstić information content (AvgIpc) is 2.91. The van der Waals surface area contributed by atoms with Crippen LogP contribution in [0.15, 0.2) is 18.2 Å². The fourth-order valence-corrected chi connectivity index (χ4v) is 2.12. The Kier molecular flexibility index (Phi) is 5.47. The molecule has 1 aromatic carbocycles. The summed E-state index contributed by atoms with van der Waals surface area (Å²) in [6.07, 6.45) is 6.15. The smallest absolute Gasteiger partial charge is 0.258 e. The molecule has 0 fully saturated rings. The van der Waals surface area contributed by atoms with E-state index in [0.29, 0.717) is 12.4 Å². The van der Waals surface area contributed by atoms with Gasteiger partial charge in [0.05, 0.1) is 12.6 Å². The van der Waals surface area contributed by atoms with Gasteiger partial charge in [-0.15, -0.1) is 6.42 Å². The number of fused-ring (bicyclic) bond motifs is 1. The Balaban J connectivity index is 1.90. The molecule has 0 radical (unpaired) electrons. The lowest BCUT2D eigenvalue weighted by Crippen LogP contribution is -2.29. The molecule has 112 valence electrons. The lowest BCUT2D eigenvalue weighted by Gasteiger charge is -2.11. The van der Waals surface area contributed by atoms with Gasteiger partial charge in [0.15, 0.2) is 6.61 Å². The van der Waals surface area contributed by atoms with Gasteiger partial charge in [-0.1, -0.05) is 12.8 Å². The summed E-state index contributed by atoms with van der Waals surface area (Å²) < 4.78 is 11.1. The first-order chi connectivity index (χ1) is 10.2. The van der Waals surface area contributed by atoms with Crippen LogP contribution < -0.4 is 20.1 Å². The summed E-state index contributed by atoms with van der Waals surface area (Å²) in [6, 6.07) is 5.87. The lowest BCUT2D eigenvalue weighted by molar-refractivity contribution is -0.122. The second kappa shape index (κ2) is 7.55. The van der Waals surface area contributed by atoms with Gasteiger partial charge in [0.25, 0.3) is 5.91 Å². The third-order valence-electron chi connectivity index (χ3n) is 3.16. The highest BCUT2D eigenvalue weighted by Crippen LogP contribution is 2.35. The predicted octanol–water partition coefficient (Wildman–Crippen LogP) is 1.25. The number of ether oxygens (including phenoxy) is 2. The lowest BCUT2D eigenvalue weighted by atomic mass is 10.1. The molecule has 2 N–H and O–H groups in total. The minimum absolute atomic E-state index is 0.0576. The zero-order valence-electron chi connectivity index (χ0n) is 12.1. The third-order valence-corrected chi connectivity index (χ3v) is 3.16. The van der Waals surface area contributed by atoms with Gasteiger partial charge in [-0.25, -0.2) is 0 Å². The minimum Gasteiger partial charge on any atom is -0.491 e. The molecule has 0 saturated carbocycles. The predicted molar refractivity (Wildman–Crippen MR) is 80.3 cm³/mol. The van der Waals surface area contributed by atoms with Crippen LogP contribution in [0.25, 0.3) is 0 Å². The molecule has 5 nitrogen and oxygen atoms in total. The summed E-state index contributed by atoms with van der Waals surface area (Å²) in [4.78, 5) is 11.4. The van der Waals surface area contributed by atoms with E-state index in [-0.39, 0.29) is 25.1 Å². The molecule has 1 amide bonds. The van der Waals surface area contributed by atoms with Gasteiger partial charge in [0.2, 0.25) is 0 Å². The molecule has 5 heteroatoms. The molecule has 2 rings (SSSR count). The third kappa shape index (κ3) is 4.14. The number of rotatable bonds is 7. The Hall–Kier alpha value is -2.19. The maximum atomic E-state index is 11.4. The summed E-state index contributed by atoms with van der Waals surface area (Å²) >= 11 is 0. The van der Waals surface area contributed by atoms with E-state index in [1.165, 1.54) is 0 Å². The number of hydrogen-bond donors (Lipinski definition) is 2. The van der Waals surface area contributed by atoms with Crippen molar-refractivity contribution in [2.45, 2.75) is 19.4 Å². The molecule has 0 aliphatic carbocycles. The average molecular weight is 288 g/mol. The van der Waals surface area contributed by atoms with Gasteiger partial charge in [-0.05, 0) is 25.1 Å². The molecule has 21 heavy (non-hydrogen) atoms. The van der Waals surface area contributed by atoms with Gasteiger partial charge in [-0.3, -0.25) is 4.79 Å². The molecule has 1 unspecified atom stereocenters. The van der Waals surface area contributed by atoms with Crippen LogP contribution in [-0.4, -0.2) is 32.2 Å². The van der Waals surface area contributed by atoms with Crippen LogP contribution in [0.3, 0.4) is 0 Å². The molecule has 1 aliphatic heterocycles. The topological polar surface area (TPSA) is 59.6 Å². The van der Waals surface area contributed by atoms with Crippen molar-refractivity contribution in [1.82, 2.24) is 10.6 Å². The number of benzene rings is 1. The molecule has 1 aliphatic rings. The van der Waals surface area contributed by atoms with Crippen LogP contribution in [0.4, 0.5) is 0 Å². The van der Waals surface area contributed by atoms with E-state index in [1.807, 2.05) is 18.2 Å². The van der Waals surface area contributed by atoms with E-state index >= 15 is 0 Å². The molecule has 1 atom stereocenters. The largest absolute Gasteiger partial charge is 0.491 e. The normalized spacial score (nSPS) is 15.7. The van der Waals surface area contributed by atoms with E-state index in [0.717, 1.165) is 24.3 Å². The highest BCUT2D eigenvalue weighted by Gasteiger charge is 2.23. The SMILES string of the molecule is C#CCNC(=O)COc1ccc2c(c1)OCC2NCCC. The van der Waals surface area contributed by atoms with Gasteiger partial charge >= 0.3 is 0 Å². The van der Waals surface area contributed by atoms with Crippen LogP contribution in [0, 0.1) is 12.3 Å². The molecule has 1 heterocycles. The number of carbonyl (C=O) groups excluding carboxylic acids is 1. The van der Waals surface area contributed by atoms with Crippen molar-refractivity contribution in [1.29, 1.82) is 0 Å². The number of terminal acetylenes is 1. The number of hydrogen-bond acceptors (Lipinski definition) is 4. The molecular formula is C16H20N2O3. The van der Waals surface area contributed by atoms with Crippen LogP contribution in [0.1, 0.15) is 24.9 Å². The minimum atomic E-state index is -0.239. The Morgan fingerprint density at radius 2 is 2.43 bits per heavy atom. The van der Waals surface area contributed by atoms with Crippen molar-refractivity contribution >= 4 is 5.91 Å². The maximum Gasteiger partial charge on any atom is 0.258 e. The monoisotopic (exact) mass is 288 g/mol. The first kappa shape index (κ1) is 15.2. The van der Waals surface area contributed by atoms with E-state index in [9.17, 15) is 4.79 Å². The number of carbonyl (C=O) groups is 1. The van der Waals surface area contributed by atoms with E-state index in [2.05, 4.69) is 23.5 Å². The Morgan fingerprint density at radius 3 is 3.19 bits per heavy atom. The van der Waals surface area contributed by atoms with E-state index < -0.39 is 0 Å². The first-order valence-electron chi connectivity index (χ1n) is 7.07. The summed E-state index contributed by atoms with van der Waals surface area (Å²) in [5, 5.41) is 5.98. The van der Waals surface area contributed by atoms with Crippen LogP contribution >= 0.6 is 0 Å². The van der Waals surface area contributed by atoms with Crippen molar-refractivity contribution in [3.8, 4) is 23.8 Å². The van der Waals surface area contributed by atoms with E-state index in [1.54, 1.807) is 0 Å². The van der Waals surface area contributed by atoms with Gasteiger partial charge < -0.3 is 20.1 Å². The van der Waals surface area contributed by atoms with Crippen molar-refractivity contribution in [2.75, 3.05) is 26.3 Å². The molecule has 0 aromatic heterocycles. The second-order valence-corrected chi connectivity index (χ2v) is 4.79. The molecule has 0 spiro atoms. The zero-order valence-corrected chi connectivity index (χ0v) is 12.1. The molecule has 0 bridgehead atoms. The first-order valence-corrected chi connectivity index (χ1v) is 7.07. The summed E-state index contributed by atoms with van der Waals surface area (Å²) in [5.74, 6) is 3.52. The van der Waals surface area contributed by atoms with Crippen molar-refractivity contribution in [3.05, 3.63) is 23.8 Å². The highest BCUT2D eigenvalue weighted by molar-refractivity contribution is 5.77. The Morgan fingerprint density at radius 1 is 1.57 bits per heavy atom. The van der Waals surface area contributed by atoms with Crippen molar-refractivity contribution in [2.24, 2.45) is 0 Å². The van der Waals surface area contributed by atoms with Crippen molar-refractivity contribution in [3.63, 3.8) is 0 Å². The summed E-state index contributed by atoms with van der Waals surface area (Å²) in [5.41, 5.74) is 1.13. The number of nitrogens with one attached hydrogen (secondary N) is 2.